The Bertz CT molecular complexity index is 555. The molecular formula is C15H20N2O3. The number of nitrogens with zero attached hydrogens (tertiary/aromatic N) is 2. The highest BCUT2D eigenvalue weighted by Crippen LogP contribution is 2.22. The predicted octanol–water partition coefficient (Wildman–Crippen LogP) is 3.33. The van der Waals surface area contributed by atoms with Crippen LogP contribution in [0.2, 0.25) is 0 Å². The Labute approximate surface area is 118 Å². The molecule has 0 aliphatic heterocycles. The van der Waals surface area contributed by atoms with Gasteiger partial charge in [0.1, 0.15) is 5.69 Å². The summed E-state index contributed by atoms with van der Waals surface area (Å²) in [5.74, 6) is 1.29. The van der Waals surface area contributed by atoms with Crippen molar-refractivity contribution in [3.05, 3.63) is 30.2 Å². The van der Waals surface area contributed by atoms with E-state index in [0.717, 1.165) is 5.69 Å². The standard InChI is InChI=1S/C15H20N2O3/c1-10(2)15(18)17(11(3)4)9-12-8-14(20-16-12)13-6-5-7-19-13/h5-8,10-11H,9H2,1-4H3. The summed E-state index contributed by atoms with van der Waals surface area (Å²) >= 11 is 0. The zero-order valence-electron chi connectivity index (χ0n) is 12.3. The summed E-state index contributed by atoms with van der Waals surface area (Å²) in [5, 5.41) is 4.01. The molecule has 0 aliphatic rings. The molecule has 5 heteroatoms. The van der Waals surface area contributed by atoms with Crippen molar-refractivity contribution >= 4 is 5.91 Å². The van der Waals surface area contributed by atoms with Gasteiger partial charge in [0.05, 0.1) is 12.8 Å². The number of hydrogen-bond donors (Lipinski definition) is 0. The second kappa shape index (κ2) is 5.94. The summed E-state index contributed by atoms with van der Waals surface area (Å²) in [6.07, 6.45) is 1.58. The van der Waals surface area contributed by atoms with E-state index in [2.05, 4.69) is 5.16 Å². The first-order valence-electron chi connectivity index (χ1n) is 6.79. The van der Waals surface area contributed by atoms with Crippen LogP contribution in [0.3, 0.4) is 0 Å². The number of amides is 1. The van der Waals surface area contributed by atoms with E-state index in [1.54, 1.807) is 17.2 Å². The lowest BCUT2D eigenvalue weighted by Gasteiger charge is -2.27. The quantitative estimate of drug-likeness (QED) is 0.840. The number of hydrogen-bond acceptors (Lipinski definition) is 4. The van der Waals surface area contributed by atoms with Crippen LogP contribution in [0.15, 0.2) is 33.4 Å². The summed E-state index contributed by atoms with van der Waals surface area (Å²) in [6, 6.07) is 5.53. The molecule has 0 aliphatic carbocycles. The molecule has 0 bridgehead atoms. The van der Waals surface area contributed by atoms with Gasteiger partial charge in [0.15, 0.2) is 5.76 Å². The van der Waals surface area contributed by atoms with Gasteiger partial charge in [-0.1, -0.05) is 19.0 Å². The molecule has 2 aromatic heterocycles. The van der Waals surface area contributed by atoms with Crippen LogP contribution >= 0.6 is 0 Å². The molecule has 2 aromatic rings. The Morgan fingerprint density at radius 1 is 1.30 bits per heavy atom. The predicted molar refractivity (Wildman–Crippen MR) is 74.7 cm³/mol. The molecule has 0 unspecified atom stereocenters. The van der Waals surface area contributed by atoms with E-state index in [1.807, 2.05) is 39.8 Å². The van der Waals surface area contributed by atoms with Crippen LogP contribution in [0.1, 0.15) is 33.4 Å². The van der Waals surface area contributed by atoms with E-state index >= 15 is 0 Å². The average Bonchev–Trinajstić information content (AvgIpc) is 3.05. The molecule has 0 saturated heterocycles. The molecule has 0 radical (unpaired) electrons. The first-order chi connectivity index (χ1) is 9.49. The van der Waals surface area contributed by atoms with Crippen molar-refractivity contribution in [2.24, 2.45) is 5.92 Å². The van der Waals surface area contributed by atoms with E-state index in [-0.39, 0.29) is 17.9 Å². The van der Waals surface area contributed by atoms with Crippen molar-refractivity contribution < 1.29 is 13.7 Å². The van der Waals surface area contributed by atoms with E-state index in [4.69, 9.17) is 8.94 Å². The van der Waals surface area contributed by atoms with Gasteiger partial charge < -0.3 is 13.8 Å². The van der Waals surface area contributed by atoms with Gasteiger partial charge in [-0.15, -0.1) is 0 Å². The summed E-state index contributed by atoms with van der Waals surface area (Å²) in [4.78, 5) is 14.0. The van der Waals surface area contributed by atoms with Gasteiger partial charge in [-0.2, -0.15) is 0 Å². The third-order valence-corrected chi connectivity index (χ3v) is 3.06. The topological polar surface area (TPSA) is 59.5 Å². The van der Waals surface area contributed by atoms with Crippen LogP contribution in [0.5, 0.6) is 0 Å². The van der Waals surface area contributed by atoms with Gasteiger partial charge >= 0.3 is 0 Å². The fourth-order valence-electron chi connectivity index (χ4n) is 1.94. The Balaban J connectivity index is 2.14. The highest BCUT2D eigenvalue weighted by Gasteiger charge is 2.22. The maximum absolute atomic E-state index is 12.2. The van der Waals surface area contributed by atoms with Crippen molar-refractivity contribution in [3.8, 4) is 11.5 Å². The van der Waals surface area contributed by atoms with Crippen LogP contribution < -0.4 is 0 Å². The highest BCUT2D eigenvalue weighted by molar-refractivity contribution is 5.78. The molecule has 108 valence electrons. The zero-order chi connectivity index (χ0) is 14.7. The van der Waals surface area contributed by atoms with Crippen LogP contribution in [-0.2, 0) is 11.3 Å². The number of furan rings is 1. The molecule has 2 rings (SSSR count). The molecule has 0 aromatic carbocycles. The molecule has 5 nitrogen and oxygen atoms in total. The average molecular weight is 276 g/mol. The minimum absolute atomic E-state index is 0.0335. The third-order valence-electron chi connectivity index (χ3n) is 3.06. The van der Waals surface area contributed by atoms with Crippen LogP contribution in [-0.4, -0.2) is 22.0 Å². The van der Waals surface area contributed by atoms with Crippen molar-refractivity contribution in [3.63, 3.8) is 0 Å². The van der Waals surface area contributed by atoms with Gasteiger partial charge in [0.25, 0.3) is 0 Å². The highest BCUT2D eigenvalue weighted by atomic mass is 16.5. The molecule has 0 saturated carbocycles. The second-order valence-corrected chi connectivity index (χ2v) is 5.37. The van der Waals surface area contributed by atoms with Crippen molar-refractivity contribution in [2.45, 2.75) is 40.3 Å². The monoisotopic (exact) mass is 276 g/mol. The number of carbonyl (C=O) groups is 1. The molecule has 0 fully saturated rings. The molecule has 0 spiro atoms. The van der Waals surface area contributed by atoms with E-state index in [9.17, 15) is 4.79 Å². The van der Waals surface area contributed by atoms with Crippen LogP contribution in [0, 0.1) is 5.92 Å². The summed E-state index contributed by atoms with van der Waals surface area (Å²) in [7, 11) is 0. The molecule has 2 heterocycles. The summed E-state index contributed by atoms with van der Waals surface area (Å²) in [5.41, 5.74) is 0.721. The van der Waals surface area contributed by atoms with Gasteiger partial charge in [-0.3, -0.25) is 4.79 Å². The van der Waals surface area contributed by atoms with E-state index in [1.165, 1.54) is 0 Å². The Morgan fingerprint density at radius 2 is 2.05 bits per heavy atom. The maximum Gasteiger partial charge on any atom is 0.225 e. The fraction of sp³-hybridized carbons (Fsp3) is 0.467. The van der Waals surface area contributed by atoms with Gasteiger partial charge in [0, 0.05) is 18.0 Å². The summed E-state index contributed by atoms with van der Waals surface area (Å²) < 4.78 is 10.5. The molecular weight excluding hydrogens is 256 g/mol. The van der Waals surface area contributed by atoms with E-state index < -0.39 is 0 Å². The SMILES string of the molecule is CC(C)C(=O)N(Cc1cc(-c2ccco2)on1)C(C)C. The Morgan fingerprint density at radius 3 is 2.60 bits per heavy atom. The second-order valence-electron chi connectivity index (χ2n) is 5.37. The largest absolute Gasteiger partial charge is 0.461 e. The first-order valence-corrected chi connectivity index (χ1v) is 6.79. The first kappa shape index (κ1) is 14.4. The lowest BCUT2D eigenvalue weighted by Crippen LogP contribution is -2.39. The fourth-order valence-corrected chi connectivity index (χ4v) is 1.94. The van der Waals surface area contributed by atoms with Gasteiger partial charge in [0.2, 0.25) is 11.7 Å². The minimum atomic E-state index is -0.0335. The molecule has 20 heavy (non-hydrogen) atoms. The Kier molecular flexibility index (Phi) is 4.27. The lowest BCUT2D eigenvalue weighted by atomic mass is 10.1. The summed E-state index contributed by atoms with van der Waals surface area (Å²) in [6.45, 7) is 8.23. The zero-order valence-corrected chi connectivity index (χ0v) is 12.3. The smallest absolute Gasteiger partial charge is 0.225 e. The molecule has 0 N–H and O–H groups in total. The van der Waals surface area contributed by atoms with Gasteiger partial charge in [-0.05, 0) is 26.0 Å². The van der Waals surface area contributed by atoms with Crippen molar-refractivity contribution in [1.29, 1.82) is 0 Å². The Hall–Kier alpha value is -2.04. The lowest BCUT2D eigenvalue weighted by molar-refractivity contribution is -0.136. The van der Waals surface area contributed by atoms with Crippen molar-refractivity contribution in [2.75, 3.05) is 0 Å². The number of rotatable bonds is 5. The van der Waals surface area contributed by atoms with Gasteiger partial charge in [-0.25, -0.2) is 0 Å². The normalized spacial score (nSPS) is 11.3. The minimum Gasteiger partial charge on any atom is -0.461 e. The van der Waals surface area contributed by atoms with Crippen LogP contribution in [0.4, 0.5) is 0 Å². The number of aromatic nitrogens is 1. The third kappa shape index (κ3) is 3.10. The van der Waals surface area contributed by atoms with Crippen molar-refractivity contribution in [1.82, 2.24) is 10.1 Å². The van der Waals surface area contributed by atoms with Crippen LogP contribution in [0.25, 0.3) is 11.5 Å². The molecule has 0 atom stereocenters. The molecule has 1 amide bonds. The van der Waals surface area contributed by atoms with E-state index in [0.29, 0.717) is 18.1 Å². The maximum atomic E-state index is 12.2. The number of carbonyl (C=O) groups excluding carboxylic acids is 1.